The average molecular weight is 403 g/mol. The number of aliphatic hydroxyl groups is 2. The van der Waals surface area contributed by atoms with Crippen LogP contribution >= 0.6 is 0 Å². The van der Waals surface area contributed by atoms with E-state index in [2.05, 4.69) is 34.6 Å². The highest BCUT2D eigenvalue weighted by Crippen LogP contribution is 2.73. The fourth-order valence-electron chi connectivity index (χ4n) is 9.49. The molecule has 3 saturated carbocycles. The number of carbonyl (C=O) groups is 1. The number of aliphatic hydroxyl groups excluding tert-OH is 2. The topological polar surface area (TPSA) is 66.8 Å². The molecule has 8 atom stereocenters. The highest BCUT2D eigenvalue weighted by molar-refractivity contribution is 5.94. The minimum absolute atomic E-state index is 0.0228. The highest BCUT2D eigenvalue weighted by atomic mass is 16.5. The van der Waals surface area contributed by atoms with Crippen molar-refractivity contribution in [3.8, 4) is 0 Å². The smallest absolute Gasteiger partial charge is 0.335 e. The van der Waals surface area contributed by atoms with Crippen molar-refractivity contribution < 1.29 is 19.7 Å². The first kappa shape index (κ1) is 20.1. The van der Waals surface area contributed by atoms with Crippen molar-refractivity contribution in [2.45, 2.75) is 91.8 Å². The van der Waals surface area contributed by atoms with Crippen LogP contribution in [0.25, 0.3) is 0 Å². The molecule has 0 amide bonds. The van der Waals surface area contributed by atoms with Crippen LogP contribution in [-0.4, -0.2) is 35.0 Å². The Morgan fingerprint density at radius 3 is 2.31 bits per heavy atom. The zero-order chi connectivity index (χ0) is 21.0. The standard InChI is InChI=1S/C25H38O4/c1-22(2)8-6-9-23(3)16(22)7-10-24(4)17(23)12-19(27)25(5)18(24)11-15(26)14-13-29-21(28)20(14)25/h15-19,26-27H,6-13H2,1-5H3/t15-,16?,17?,18?,19+,23-,24+,25+/m0/s1. The molecule has 0 saturated heterocycles. The third kappa shape index (κ3) is 2.31. The summed E-state index contributed by atoms with van der Waals surface area (Å²) in [5.74, 6) is 0.892. The van der Waals surface area contributed by atoms with Gasteiger partial charge in [-0.3, -0.25) is 0 Å². The number of rotatable bonds is 0. The maximum absolute atomic E-state index is 12.7. The molecule has 0 bridgehead atoms. The van der Waals surface area contributed by atoms with E-state index in [1.165, 1.54) is 25.7 Å². The maximum atomic E-state index is 12.7. The van der Waals surface area contributed by atoms with Crippen LogP contribution in [-0.2, 0) is 9.53 Å². The molecule has 0 aromatic rings. The van der Waals surface area contributed by atoms with Crippen LogP contribution in [0.3, 0.4) is 0 Å². The molecule has 4 nitrogen and oxygen atoms in total. The molecular weight excluding hydrogens is 364 g/mol. The Morgan fingerprint density at radius 1 is 0.897 bits per heavy atom. The van der Waals surface area contributed by atoms with E-state index in [1.54, 1.807) is 0 Å². The fourth-order valence-corrected chi connectivity index (χ4v) is 9.49. The Kier molecular flexibility index (Phi) is 4.07. The quantitative estimate of drug-likeness (QED) is 0.595. The molecule has 5 rings (SSSR count). The van der Waals surface area contributed by atoms with Gasteiger partial charge in [0.1, 0.15) is 6.61 Å². The van der Waals surface area contributed by atoms with Gasteiger partial charge in [-0.05, 0) is 72.5 Å². The molecule has 162 valence electrons. The van der Waals surface area contributed by atoms with Crippen LogP contribution in [0.15, 0.2) is 11.1 Å². The highest BCUT2D eigenvalue weighted by Gasteiger charge is 2.69. The lowest BCUT2D eigenvalue weighted by Gasteiger charge is -2.70. The second-order valence-corrected chi connectivity index (χ2v) is 12.3. The summed E-state index contributed by atoms with van der Waals surface area (Å²) >= 11 is 0. The zero-order valence-corrected chi connectivity index (χ0v) is 18.8. The van der Waals surface area contributed by atoms with Gasteiger partial charge in [0.25, 0.3) is 0 Å². The Balaban J connectivity index is 1.62. The third-order valence-electron chi connectivity index (χ3n) is 10.8. The first-order valence-electron chi connectivity index (χ1n) is 11.7. The van der Waals surface area contributed by atoms with Gasteiger partial charge >= 0.3 is 5.97 Å². The Bertz CT molecular complexity index is 784. The molecule has 1 aliphatic heterocycles. The number of ether oxygens (including phenoxy) is 1. The SMILES string of the molecule is CC1(C)CCC[C@@]2(C)C1CC[C@]1(C)C2C[C@@H](O)[C@]2(C)C3=C(COC3=O)[C@@H](O)CC12. The van der Waals surface area contributed by atoms with E-state index < -0.39 is 17.6 Å². The number of carbonyl (C=O) groups excluding carboxylic acids is 1. The number of hydrogen-bond donors (Lipinski definition) is 2. The number of fused-ring (bicyclic) bond motifs is 6. The summed E-state index contributed by atoms with van der Waals surface area (Å²) in [7, 11) is 0. The molecule has 4 heteroatoms. The fraction of sp³-hybridized carbons (Fsp3) is 0.880. The van der Waals surface area contributed by atoms with Crippen molar-refractivity contribution in [2.75, 3.05) is 6.61 Å². The van der Waals surface area contributed by atoms with Gasteiger partial charge in [0.05, 0.1) is 17.8 Å². The summed E-state index contributed by atoms with van der Waals surface area (Å²) in [6, 6.07) is 0. The Morgan fingerprint density at radius 2 is 1.59 bits per heavy atom. The van der Waals surface area contributed by atoms with Gasteiger partial charge in [-0.2, -0.15) is 0 Å². The van der Waals surface area contributed by atoms with Crippen molar-refractivity contribution >= 4 is 5.97 Å². The van der Waals surface area contributed by atoms with E-state index in [9.17, 15) is 15.0 Å². The first-order chi connectivity index (χ1) is 13.5. The predicted octanol–water partition coefficient (Wildman–Crippen LogP) is 4.24. The van der Waals surface area contributed by atoms with Crippen LogP contribution < -0.4 is 0 Å². The molecule has 0 aromatic heterocycles. The van der Waals surface area contributed by atoms with E-state index >= 15 is 0 Å². The van der Waals surface area contributed by atoms with Gasteiger partial charge in [0, 0.05) is 11.0 Å². The molecule has 4 aliphatic carbocycles. The maximum Gasteiger partial charge on any atom is 0.335 e. The van der Waals surface area contributed by atoms with E-state index in [-0.39, 0.29) is 29.3 Å². The van der Waals surface area contributed by atoms with E-state index in [1.807, 2.05) is 0 Å². The molecule has 1 heterocycles. The molecule has 0 radical (unpaired) electrons. The van der Waals surface area contributed by atoms with Crippen molar-refractivity contribution in [1.29, 1.82) is 0 Å². The lowest BCUT2D eigenvalue weighted by atomic mass is 9.35. The molecule has 3 fully saturated rings. The molecule has 5 aliphatic rings. The van der Waals surface area contributed by atoms with Crippen LogP contribution in [0, 0.1) is 39.4 Å². The third-order valence-corrected chi connectivity index (χ3v) is 10.8. The van der Waals surface area contributed by atoms with Gasteiger partial charge < -0.3 is 14.9 Å². The van der Waals surface area contributed by atoms with Crippen LogP contribution in [0.1, 0.15) is 79.6 Å². The van der Waals surface area contributed by atoms with E-state index in [4.69, 9.17) is 4.74 Å². The summed E-state index contributed by atoms with van der Waals surface area (Å²) in [5.41, 5.74) is 1.30. The summed E-state index contributed by atoms with van der Waals surface area (Å²) in [6.07, 6.45) is 6.34. The van der Waals surface area contributed by atoms with Gasteiger partial charge in [-0.15, -0.1) is 0 Å². The van der Waals surface area contributed by atoms with Crippen molar-refractivity contribution in [1.82, 2.24) is 0 Å². The second kappa shape index (κ2) is 5.88. The normalized spacial score (nSPS) is 53.5. The number of esters is 1. The van der Waals surface area contributed by atoms with Crippen LogP contribution in [0.5, 0.6) is 0 Å². The molecule has 0 spiro atoms. The number of cyclic esters (lactones) is 1. The van der Waals surface area contributed by atoms with Gasteiger partial charge in [0.2, 0.25) is 0 Å². The Hall–Kier alpha value is -0.870. The van der Waals surface area contributed by atoms with Gasteiger partial charge in [-0.25, -0.2) is 4.79 Å². The minimum atomic E-state index is -0.620. The van der Waals surface area contributed by atoms with Crippen molar-refractivity contribution in [3.05, 3.63) is 11.1 Å². The number of hydrogen-bond acceptors (Lipinski definition) is 4. The lowest BCUT2D eigenvalue weighted by molar-refractivity contribution is -0.221. The Labute approximate surface area is 175 Å². The first-order valence-corrected chi connectivity index (χ1v) is 11.7. The summed E-state index contributed by atoms with van der Waals surface area (Å²) < 4.78 is 5.35. The van der Waals surface area contributed by atoms with Crippen molar-refractivity contribution in [3.63, 3.8) is 0 Å². The second-order valence-electron chi connectivity index (χ2n) is 12.3. The molecule has 0 aromatic carbocycles. The predicted molar refractivity (Wildman–Crippen MR) is 111 cm³/mol. The van der Waals surface area contributed by atoms with Crippen LogP contribution in [0.4, 0.5) is 0 Å². The largest absolute Gasteiger partial charge is 0.458 e. The van der Waals surface area contributed by atoms with E-state index in [0.29, 0.717) is 29.2 Å². The van der Waals surface area contributed by atoms with Crippen LogP contribution in [0.2, 0.25) is 0 Å². The molecular formula is C25H38O4. The molecule has 3 unspecified atom stereocenters. The van der Waals surface area contributed by atoms with Gasteiger partial charge in [-0.1, -0.05) is 41.0 Å². The minimum Gasteiger partial charge on any atom is -0.458 e. The molecule has 29 heavy (non-hydrogen) atoms. The monoisotopic (exact) mass is 402 g/mol. The van der Waals surface area contributed by atoms with Crippen molar-refractivity contribution in [2.24, 2.45) is 39.4 Å². The summed E-state index contributed by atoms with van der Waals surface area (Å²) in [6.45, 7) is 12.1. The summed E-state index contributed by atoms with van der Waals surface area (Å²) in [4.78, 5) is 12.7. The summed E-state index contributed by atoms with van der Waals surface area (Å²) in [5, 5.41) is 22.5. The van der Waals surface area contributed by atoms with E-state index in [0.717, 1.165) is 18.4 Å². The average Bonchev–Trinajstić information content (AvgIpc) is 3.02. The zero-order valence-electron chi connectivity index (χ0n) is 18.8. The lowest BCUT2D eigenvalue weighted by Crippen LogP contribution is -2.66. The van der Waals surface area contributed by atoms with Gasteiger partial charge in [0.15, 0.2) is 0 Å². The molecule has 2 N–H and O–H groups in total.